The molecule has 1 heterocycles. The molecule has 0 radical (unpaired) electrons. The van der Waals surface area contributed by atoms with E-state index in [4.69, 9.17) is 0 Å². The summed E-state index contributed by atoms with van der Waals surface area (Å²) in [5.74, 6) is -0.881. The summed E-state index contributed by atoms with van der Waals surface area (Å²) in [7, 11) is 0. The number of carbonyl (C=O) groups is 1. The van der Waals surface area contributed by atoms with Gasteiger partial charge in [-0.15, -0.1) is 11.3 Å². The van der Waals surface area contributed by atoms with Crippen molar-refractivity contribution < 1.29 is 31.8 Å². The number of nitrogens with one attached hydrogen (secondary N) is 2. The van der Waals surface area contributed by atoms with Crippen molar-refractivity contribution in [2.75, 3.05) is 5.32 Å². The Hall–Kier alpha value is -2.56. The number of nitrogens with zero attached hydrogens (tertiary/aromatic N) is 1. The molecule has 11 heteroatoms. The highest BCUT2D eigenvalue weighted by molar-refractivity contribution is 7.11. The summed E-state index contributed by atoms with van der Waals surface area (Å²) < 4.78 is 57.6. The van der Waals surface area contributed by atoms with Crippen LogP contribution in [-0.2, 0) is 6.54 Å². The van der Waals surface area contributed by atoms with Crippen LogP contribution in [0.25, 0.3) is 0 Å². The maximum absolute atomic E-state index is 12.5. The van der Waals surface area contributed by atoms with Gasteiger partial charge in [-0.05, 0) is 19.1 Å². The number of rotatable bonds is 7. The number of ether oxygens (including phenoxy) is 2. The van der Waals surface area contributed by atoms with Crippen LogP contribution in [0, 0.1) is 6.92 Å². The van der Waals surface area contributed by atoms with Crippen molar-refractivity contribution in [1.29, 1.82) is 0 Å². The minimum Gasteiger partial charge on any atom is -0.435 e. The van der Waals surface area contributed by atoms with Crippen molar-refractivity contribution in [3.63, 3.8) is 0 Å². The Labute approximate surface area is 143 Å². The van der Waals surface area contributed by atoms with Crippen LogP contribution in [0.4, 0.5) is 28.0 Å². The number of amides is 2. The predicted molar refractivity (Wildman–Crippen MR) is 82.4 cm³/mol. The summed E-state index contributed by atoms with van der Waals surface area (Å²) in [4.78, 5) is 16.7. The second-order valence-corrected chi connectivity index (χ2v) is 5.89. The lowest BCUT2D eigenvalue weighted by atomic mass is 10.2. The van der Waals surface area contributed by atoms with E-state index in [0.717, 1.165) is 28.1 Å². The third-order valence-electron chi connectivity index (χ3n) is 2.73. The van der Waals surface area contributed by atoms with Gasteiger partial charge < -0.3 is 20.1 Å². The highest BCUT2D eigenvalue weighted by atomic mass is 32.1. The van der Waals surface area contributed by atoms with Crippen LogP contribution in [0.1, 0.15) is 9.88 Å². The van der Waals surface area contributed by atoms with Crippen molar-refractivity contribution in [3.05, 3.63) is 34.3 Å². The van der Waals surface area contributed by atoms with Gasteiger partial charge in [-0.1, -0.05) is 0 Å². The molecule has 2 N–H and O–H groups in total. The molecular weight excluding hydrogens is 366 g/mol. The second-order valence-electron chi connectivity index (χ2n) is 4.57. The molecule has 2 aromatic rings. The van der Waals surface area contributed by atoms with E-state index in [-0.39, 0.29) is 18.0 Å². The van der Waals surface area contributed by atoms with Gasteiger partial charge in [0.2, 0.25) is 0 Å². The van der Waals surface area contributed by atoms with Crippen LogP contribution in [0.3, 0.4) is 0 Å². The van der Waals surface area contributed by atoms with Gasteiger partial charge in [0.05, 0.1) is 17.2 Å². The van der Waals surface area contributed by atoms with E-state index in [1.54, 1.807) is 6.20 Å². The Morgan fingerprint density at radius 1 is 1.24 bits per heavy atom. The van der Waals surface area contributed by atoms with Crippen LogP contribution in [0.2, 0.25) is 0 Å². The summed E-state index contributed by atoms with van der Waals surface area (Å²) >= 11 is 1.39. The Morgan fingerprint density at radius 2 is 1.96 bits per heavy atom. The van der Waals surface area contributed by atoms with Crippen LogP contribution in [0.15, 0.2) is 24.4 Å². The Balaban J connectivity index is 2.04. The predicted octanol–water partition coefficient (Wildman–Crippen LogP) is 3.98. The molecule has 0 spiro atoms. The van der Waals surface area contributed by atoms with Crippen molar-refractivity contribution in [2.45, 2.75) is 26.7 Å². The lowest BCUT2D eigenvalue weighted by Crippen LogP contribution is -2.28. The highest BCUT2D eigenvalue weighted by Gasteiger charge is 2.15. The van der Waals surface area contributed by atoms with Gasteiger partial charge in [-0.25, -0.2) is 9.78 Å². The van der Waals surface area contributed by atoms with E-state index in [0.29, 0.717) is 0 Å². The van der Waals surface area contributed by atoms with E-state index in [9.17, 15) is 22.4 Å². The van der Waals surface area contributed by atoms with E-state index in [1.807, 2.05) is 6.92 Å². The Kier molecular flexibility index (Phi) is 6.39. The highest BCUT2D eigenvalue weighted by Crippen LogP contribution is 2.31. The fourth-order valence-corrected chi connectivity index (χ4v) is 2.53. The number of alkyl halides is 4. The molecule has 1 aromatic heterocycles. The van der Waals surface area contributed by atoms with Gasteiger partial charge in [-0.2, -0.15) is 17.6 Å². The molecule has 6 nitrogen and oxygen atoms in total. The van der Waals surface area contributed by atoms with Crippen LogP contribution in [0.5, 0.6) is 11.5 Å². The molecule has 0 fully saturated rings. The van der Waals surface area contributed by atoms with Crippen LogP contribution >= 0.6 is 11.3 Å². The molecular formula is C14H13F4N3O3S. The quantitative estimate of drug-likeness (QED) is 0.714. The van der Waals surface area contributed by atoms with E-state index in [2.05, 4.69) is 25.1 Å². The normalized spacial score (nSPS) is 10.8. The number of hydrogen-bond donors (Lipinski definition) is 2. The zero-order chi connectivity index (χ0) is 18.4. The zero-order valence-electron chi connectivity index (χ0n) is 12.8. The third kappa shape index (κ3) is 6.10. The summed E-state index contributed by atoms with van der Waals surface area (Å²) in [6, 6.07) is 2.35. The van der Waals surface area contributed by atoms with Crippen molar-refractivity contribution in [1.82, 2.24) is 10.3 Å². The first-order valence-corrected chi connectivity index (χ1v) is 7.65. The number of hydrogen-bond acceptors (Lipinski definition) is 5. The van der Waals surface area contributed by atoms with Gasteiger partial charge in [0.1, 0.15) is 5.75 Å². The number of thiazole rings is 1. The molecule has 0 saturated carbocycles. The van der Waals surface area contributed by atoms with E-state index >= 15 is 0 Å². The molecule has 0 aliphatic carbocycles. The zero-order valence-corrected chi connectivity index (χ0v) is 13.6. The average Bonchev–Trinajstić information content (AvgIpc) is 2.92. The molecule has 2 rings (SSSR count). The first-order chi connectivity index (χ1) is 11.8. The molecule has 0 saturated heterocycles. The summed E-state index contributed by atoms with van der Waals surface area (Å²) in [5, 5.41) is 5.65. The maximum atomic E-state index is 12.5. The monoisotopic (exact) mass is 379 g/mol. The molecule has 0 aliphatic heterocycles. The van der Waals surface area contributed by atoms with E-state index in [1.165, 1.54) is 11.3 Å². The van der Waals surface area contributed by atoms with E-state index < -0.39 is 25.0 Å². The average molecular weight is 379 g/mol. The summed E-state index contributed by atoms with van der Waals surface area (Å²) in [6.45, 7) is -4.32. The molecule has 0 bridgehead atoms. The first-order valence-electron chi connectivity index (χ1n) is 6.83. The minimum atomic E-state index is -3.20. The summed E-state index contributed by atoms with van der Waals surface area (Å²) in [5.41, 5.74) is -0.125. The fraction of sp³-hybridized carbons (Fsp3) is 0.286. The van der Waals surface area contributed by atoms with Gasteiger partial charge in [0.15, 0.2) is 5.75 Å². The molecule has 0 aliphatic rings. The smallest absolute Gasteiger partial charge is 0.387 e. The minimum absolute atomic E-state index is 0.125. The molecule has 1 aromatic carbocycles. The molecule has 0 unspecified atom stereocenters. The second kappa shape index (κ2) is 8.51. The van der Waals surface area contributed by atoms with Gasteiger partial charge in [0, 0.05) is 17.1 Å². The molecule has 136 valence electrons. The van der Waals surface area contributed by atoms with Gasteiger partial charge in [0.25, 0.3) is 0 Å². The first kappa shape index (κ1) is 18.8. The number of benzene rings is 1. The lowest BCUT2D eigenvalue weighted by molar-refractivity contribution is -0.0539. The van der Waals surface area contributed by atoms with Crippen molar-refractivity contribution in [3.8, 4) is 11.5 Å². The van der Waals surface area contributed by atoms with Crippen molar-refractivity contribution in [2.24, 2.45) is 0 Å². The molecule has 2 amide bonds. The molecule has 0 atom stereocenters. The number of urea groups is 1. The van der Waals surface area contributed by atoms with Gasteiger partial charge >= 0.3 is 19.3 Å². The number of anilines is 1. The number of aromatic nitrogens is 1. The largest absolute Gasteiger partial charge is 0.435 e. The molecule has 25 heavy (non-hydrogen) atoms. The van der Waals surface area contributed by atoms with Crippen LogP contribution in [-0.4, -0.2) is 24.2 Å². The topological polar surface area (TPSA) is 72.5 Å². The standard InChI is InChI=1S/C14H13F4N3O3S/c1-7-19-5-9(25-7)6-20-14(22)21-10-3-2-8(23-12(15)16)4-11(10)24-13(17)18/h2-5,12-13H,6H2,1H3,(H2,20,21,22). The lowest BCUT2D eigenvalue weighted by Gasteiger charge is -2.14. The maximum Gasteiger partial charge on any atom is 0.387 e. The third-order valence-corrected chi connectivity index (χ3v) is 3.65. The Morgan fingerprint density at radius 3 is 2.56 bits per heavy atom. The fourth-order valence-electron chi connectivity index (χ4n) is 1.80. The van der Waals surface area contributed by atoms with Crippen molar-refractivity contribution >= 4 is 23.1 Å². The SMILES string of the molecule is Cc1ncc(CNC(=O)Nc2ccc(OC(F)F)cc2OC(F)F)s1. The number of aryl methyl sites for hydroxylation is 1. The number of halogens is 4. The van der Waals surface area contributed by atoms with Crippen LogP contribution < -0.4 is 20.1 Å². The summed E-state index contributed by atoms with van der Waals surface area (Å²) in [6.07, 6.45) is 1.60. The number of carbonyl (C=O) groups excluding carboxylic acids is 1. The Bertz CT molecular complexity index is 727. The van der Waals surface area contributed by atoms with Gasteiger partial charge in [-0.3, -0.25) is 0 Å².